The van der Waals surface area contributed by atoms with Crippen molar-refractivity contribution in [2.75, 3.05) is 19.3 Å². The predicted molar refractivity (Wildman–Crippen MR) is 54.3 cm³/mol. The molecule has 0 saturated heterocycles. The highest BCUT2D eigenvalue weighted by molar-refractivity contribution is 7.99. The van der Waals surface area contributed by atoms with Gasteiger partial charge in [0.25, 0.3) is 0 Å². The van der Waals surface area contributed by atoms with E-state index in [9.17, 15) is 4.79 Å². The molecule has 3 nitrogen and oxygen atoms in total. The van der Waals surface area contributed by atoms with E-state index in [0.29, 0.717) is 13.1 Å². The van der Waals surface area contributed by atoms with Crippen molar-refractivity contribution < 1.29 is 4.79 Å². The molecule has 4 heteroatoms. The predicted octanol–water partition coefficient (Wildman–Crippen LogP) is 0.593. The average molecular weight is 190 g/mol. The molecule has 0 bridgehead atoms. The van der Waals surface area contributed by atoms with Gasteiger partial charge < -0.3 is 11.1 Å². The standard InChI is InChI=1S/C8H18N2OS/c1-3-4-7(12-2)8(11)10-6-5-9/h7H,3-6,9H2,1-2H3,(H,10,11)/t7-/m0/s1. The fourth-order valence-electron chi connectivity index (χ4n) is 0.927. The average Bonchev–Trinajstić information content (AvgIpc) is 2.10. The number of hydrogen-bond donors (Lipinski definition) is 2. The summed E-state index contributed by atoms with van der Waals surface area (Å²) >= 11 is 1.60. The summed E-state index contributed by atoms with van der Waals surface area (Å²) in [6, 6.07) is 0. The van der Waals surface area contributed by atoms with Crippen LogP contribution in [0.15, 0.2) is 0 Å². The zero-order chi connectivity index (χ0) is 9.40. The second-order valence-electron chi connectivity index (χ2n) is 2.59. The zero-order valence-corrected chi connectivity index (χ0v) is 8.62. The van der Waals surface area contributed by atoms with Gasteiger partial charge in [-0.1, -0.05) is 13.3 Å². The van der Waals surface area contributed by atoms with Gasteiger partial charge in [-0.15, -0.1) is 0 Å². The molecule has 1 amide bonds. The summed E-state index contributed by atoms with van der Waals surface area (Å²) in [5.41, 5.74) is 5.27. The summed E-state index contributed by atoms with van der Waals surface area (Å²) in [4.78, 5) is 11.3. The number of nitrogens with one attached hydrogen (secondary N) is 1. The van der Waals surface area contributed by atoms with Crippen molar-refractivity contribution in [3.05, 3.63) is 0 Å². The lowest BCUT2D eigenvalue weighted by Gasteiger charge is -2.12. The lowest BCUT2D eigenvalue weighted by Crippen LogP contribution is -2.35. The smallest absolute Gasteiger partial charge is 0.233 e. The highest BCUT2D eigenvalue weighted by atomic mass is 32.2. The van der Waals surface area contributed by atoms with E-state index in [4.69, 9.17) is 5.73 Å². The second kappa shape index (κ2) is 7.43. The van der Waals surface area contributed by atoms with Crippen LogP contribution in [0.2, 0.25) is 0 Å². The third kappa shape index (κ3) is 4.62. The number of carbonyl (C=O) groups excluding carboxylic acids is 1. The molecule has 0 spiro atoms. The minimum Gasteiger partial charge on any atom is -0.354 e. The molecule has 0 aliphatic rings. The fourth-order valence-corrected chi connectivity index (χ4v) is 1.70. The zero-order valence-electron chi connectivity index (χ0n) is 7.80. The van der Waals surface area contributed by atoms with Gasteiger partial charge in [0.15, 0.2) is 0 Å². The molecule has 0 aromatic carbocycles. The van der Waals surface area contributed by atoms with Crippen LogP contribution in [0.1, 0.15) is 19.8 Å². The van der Waals surface area contributed by atoms with Gasteiger partial charge in [0, 0.05) is 13.1 Å². The summed E-state index contributed by atoms with van der Waals surface area (Å²) in [7, 11) is 0. The summed E-state index contributed by atoms with van der Waals surface area (Å²) in [6.07, 6.45) is 3.95. The topological polar surface area (TPSA) is 55.1 Å². The maximum absolute atomic E-state index is 11.3. The monoisotopic (exact) mass is 190 g/mol. The van der Waals surface area contributed by atoms with Crippen LogP contribution in [-0.2, 0) is 4.79 Å². The Morgan fingerprint density at radius 2 is 2.33 bits per heavy atom. The number of thioether (sulfide) groups is 1. The van der Waals surface area contributed by atoms with E-state index in [2.05, 4.69) is 12.2 Å². The Balaban J connectivity index is 3.69. The number of carbonyl (C=O) groups is 1. The first kappa shape index (κ1) is 11.8. The SMILES string of the molecule is CCC[C@H](SC)C(=O)NCCN. The third-order valence-electron chi connectivity index (χ3n) is 1.57. The molecule has 0 aliphatic carbocycles. The number of nitrogens with two attached hydrogens (primary N) is 1. The molecule has 0 fully saturated rings. The van der Waals surface area contributed by atoms with E-state index >= 15 is 0 Å². The Labute approximate surface area is 78.5 Å². The number of rotatable bonds is 6. The highest BCUT2D eigenvalue weighted by Crippen LogP contribution is 2.12. The van der Waals surface area contributed by atoms with Crippen LogP contribution >= 0.6 is 11.8 Å². The van der Waals surface area contributed by atoms with Crippen LogP contribution in [0.4, 0.5) is 0 Å². The Morgan fingerprint density at radius 3 is 2.75 bits per heavy atom. The van der Waals surface area contributed by atoms with Gasteiger partial charge in [0.2, 0.25) is 5.91 Å². The van der Waals surface area contributed by atoms with Crippen molar-refractivity contribution in [1.29, 1.82) is 0 Å². The molecule has 0 rings (SSSR count). The lowest BCUT2D eigenvalue weighted by atomic mass is 10.2. The van der Waals surface area contributed by atoms with Crippen LogP contribution in [0.5, 0.6) is 0 Å². The molecular weight excluding hydrogens is 172 g/mol. The fraction of sp³-hybridized carbons (Fsp3) is 0.875. The number of hydrogen-bond acceptors (Lipinski definition) is 3. The normalized spacial score (nSPS) is 12.6. The lowest BCUT2D eigenvalue weighted by molar-refractivity contribution is -0.120. The molecular formula is C8H18N2OS. The third-order valence-corrected chi connectivity index (χ3v) is 2.59. The van der Waals surface area contributed by atoms with Crippen molar-refractivity contribution in [3.8, 4) is 0 Å². The van der Waals surface area contributed by atoms with Crippen molar-refractivity contribution in [1.82, 2.24) is 5.32 Å². The molecule has 0 heterocycles. The van der Waals surface area contributed by atoms with Crippen molar-refractivity contribution in [2.45, 2.75) is 25.0 Å². The molecule has 72 valence electrons. The quantitative estimate of drug-likeness (QED) is 0.644. The Morgan fingerprint density at radius 1 is 1.67 bits per heavy atom. The molecule has 3 N–H and O–H groups in total. The van der Waals surface area contributed by atoms with Crippen LogP contribution in [0.3, 0.4) is 0 Å². The minimum atomic E-state index is 0.0987. The molecule has 0 radical (unpaired) electrons. The first-order valence-corrected chi connectivity index (χ1v) is 5.55. The van der Waals surface area contributed by atoms with Gasteiger partial charge in [-0.2, -0.15) is 11.8 Å². The summed E-state index contributed by atoms with van der Waals surface area (Å²) in [6.45, 7) is 3.18. The second-order valence-corrected chi connectivity index (χ2v) is 3.63. The molecule has 0 aromatic rings. The van der Waals surface area contributed by atoms with Gasteiger partial charge in [-0.3, -0.25) is 4.79 Å². The summed E-state index contributed by atoms with van der Waals surface area (Å²) < 4.78 is 0. The molecule has 0 aliphatic heterocycles. The van der Waals surface area contributed by atoms with Crippen molar-refractivity contribution in [3.63, 3.8) is 0 Å². The van der Waals surface area contributed by atoms with E-state index in [1.54, 1.807) is 11.8 Å². The van der Waals surface area contributed by atoms with Gasteiger partial charge in [0.05, 0.1) is 5.25 Å². The highest BCUT2D eigenvalue weighted by Gasteiger charge is 2.14. The Bertz CT molecular complexity index is 130. The van der Waals surface area contributed by atoms with Crippen LogP contribution in [0, 0.1) is 0 Å². The van der Waals surface area contributed by atoms with Crippen molar-refractivity contribution in [2.24, 2.45) is 5.73 Å². The largest absolute Gasteiger partial charge is 0.354 e. The van der Waals surface area contributed by atoms with E-state index in [1.807, 2.05) is 6.26 Å². The molecule has 12 heavy (non-hydrogen) atoms. The van der Waals surface area contributed by atoms with E-state index in [0.717, 1.165) is 12.8 Å². The maximum Gasteiger partial charge on any atom is 0.233 e. The Hall–Kier alpha value is -0.220. The van der Waals surface area contributed by atoms with Crippen LogP contribution in [0.25, 0.3) is 0 Å². The first-order valence-electron chi connectivity index (χ1n) is 4.26. The van der Waals surface area contributed by atoms with Gasteiger partial charge >= 0.3 is 0 Å². The van der Waals surface area contributed by atoms with Crippen LogP contribution < -0.4 is 11.1 Å². The minimum absolute atomic E-state index is 0.0987. The molecule has 0 aromatic heterocycles. The van der Waals surface area contributed by atoms with Crippen LogP contribution in [-0.4, -0.2) is 30.5 Å². The van der Waals surface area contributed by atoms with Gasteiger partial charge in [-0.25, -0.2) is 0 Å². The van der Waals surface area contributed by atoms with Gasteiger partial charge in [-0.05, 0) is 12.7 Å². The Kier molecular flexibility index (Phi) is 7.29. The molecule has 1 atom stereocenters. The van der Waals surface area contributed by atoms with E-state index < -0.39 is 0 Å². The number of amides is 1. The van der Waals surface area contributed by atoms with E-state index in [1.165, 1.54) is 0 Å². The summed E-state index contributed by atoms with van der Waals surface area (Å²) in [5.74, 6) is 0.120. The van der Waals surface area contributed by atoms with Gasteiger partial charge in [0.1, 0.15) is 0 Å². The van der Waals surface area contributed by atoms with Crippen molar-refractivity contribution >= 4 is 17.7 Å². The molecule has 0 unspecified atom stereocenters. The van der Waals surface area contributed by atoms with E-state index in [-0.39, 0.29) is 11.2 Å². The summed E-state index contributed by atoms with van der Waals surface area (Å²) in [5, 5.41) is 2.88. The maximum atomic E-state index is 11.3. The first-order chi connectivity index (χ1) is 5.76. The molecule has 0 saturated carbocycles.